The summed E-state index contributed by atoms with van der Waals surface area (Å²) in [5.74, 6) is -0.132. The second-order valence-corrected chi connectivity index (χ2v) is 6.15. The van der Waals surface area contributed by atoms with Gasteiger partial charge in [-0.2, -0.15) is 0 Å². The van der Waals surface area contributed by atoms with E-state index in [0.717, 1.165) is 11.3 Å². The summed E-state index contributed by atoms with van der Waals surface area (Å²) in [6.07, 6.45) is 0. The summed E-state index contributed by atoms with van der Waals surface area (Å²) in [6, 6.07) is 17.0. The molecule has 1 heterocycles. The number of aromatic nitrogens is 1. The highest BCUT2D eigenvalue weighted by Gasteiger charge is 2.21. The van der Waals surface area contributed by atoms with E-state index in [1.807, 2.05) is 54.8 Å². The molecule has 1 aromatic heterocycles. The zero-order valence-electron chi connectivity index (χ0n) is 12.6. The molecule has 0 saturated carbocycles. The van der Waals surface area contributed by atoms with Crippen LogP contribution in [0, 0.1) is 0 Å². The number of halogens is 1. The molecule has 5 heteroatoms. The van der Waals surface area contributed by atoms with Gasteiger partial charge >= 0.3 is 0 Å². The molecule has 0 aliphatic rings. The Morgan fingerprint density at radius 2 is 1.83 bits per heavy atom. The second kappa shape index (κ2) is 6.94. The average Bonchev–Trinajstić information content (AvgIpc) is 3.06. The average molecular weight is 343 g/mol. The Morgan fingerprint density at radius 1 is 1.13 bits per heavy atom. The second-order valence-electron chi connectivity index (χ2n) is 4.91. The summed E-state index contributed by atoms with van der Waals surface area (Å²) >= 11 is 7.60. The Morgan fingerprint density at radius 3 is 2.52 bits per heavy atom. The highest BCUT2D eigenvalue weighted by Crippen LogP contribution is 2.29. The van der Waals surface area contributed by atoms with Crippen LogP contribution in [-0.2, 0) is 0 Å². The molecule has 0 N–H and O–H groups in total. The number of amides is 1. The molecule has 0 radical (unpaired) electrons. The molecule has 0 aliphatic heterocycles. The largest absolute Gasteiger partial charge is 0.284 e. The van der Waals surface area contributed by atoms with Crippen LogP contribution in [0.5, 0.6) is 0 Å². The van der Waals surface area contributed by atoms with E-state index in [1.165, 1.54) is 11.3 Å². The minimum atomic E-state index is -0.132. The first-order chi connectivity index (χ1) is 11.2. The topological polar surface area (TPSA) is 33.2 Å². The maximum atomic E-state index is 12.8. The minimum Gasteiger partial charge on any atom is -0.284 e. The number of thiazole rings is 1. The zero-order chi connectivity index (χ0) is 16.2. The number of hydrogen-bond acceptors (Lipinski definition) is 3. The highest BCUT2D eigenvalue weighted by molar-refractivity contribution is 7.14. The molecule has 116 valence electrons. The third kappa shape index (κ3) is 3.28. The standard InChI is InChI=1S/C18H15ClN2OS/c1-2-21(17(22)14-10-6-7-11-15(14)19)18-20-16(12-23-18)13-8-4-3-5-9-13/h3-12H,2H2,1H3. The molecule has 1 amide bonds. The number of anilines is 1. The number of carbonyl (C=O) groups excluding carboxylic acids is 1. The van der Waals surface area contributed by atoms with Crippen LogP contribution in [0.4, 0.5) is 5.13 Å². The van der Waals surface area contributed by atoms with Crippen molar-refractivity contribution in [3.63, 3.8) is 0 Å². The fourth-order valence-electron chi connectivity index (χ4n) is 2.28. The van der Waals surface area contributed by atoms with Gasteiger partial charge in [0.15, 0.2) is 5.13 Å². The number of rotatable bonds is 4. The molecule has 3 nitrogen and oxygen atoms in total. The lowest BCUT2D eigenvalue weighted by atomic mass is 10.2. The van der Waals surface area contributed by atoms with Crippen LogP contribution in [0.3, 0.4) is 0 Å². The van der Waals surface area contributed by atoms with E-state index in [0.29, 0.717) is 22.3 Å². The number of carbonyl (C=O) groups is 1. The summed E-state index contributed by atoms with van der Waals surface area (Å²) in [4.78, 5) is 19.0. The molecule has 0 atom stereocenters. The predicted octanol–water partition coefficient (Wildman–Crippen LogP) is 5.13. The van der Waals surface area contributed by atoms with E-state index in [4.69, 9.17) is 11.6 Å². The molecule has 23 heavy (non-hydrogen) atoms. The molecular weight excluding hydrogens is 328 g/mol. The van der Waals surface area contributed by atoms with Gasteiger partial charge < -0.3 is 0 Å². The van der Waals surface area contributed by atoms with Crippen LogP contribution in [0.15, 0.2) is 60.0 Å². The van der Waals surface area contributed by atoms with Crippen molar-refractivity contribution in [2.45, 2.75) is 6.92 Å². The van der Waals surface area contributed by atoms with Crippen molar-refractivity contribution in [1.82, 2.24) is 4.98 Å². The smallest absolute Gasteiger partial charge is 0.261 e. The van der Waals surface area contributed by atoms with Crippen LogP contribution < -0.4 is 4.90 Å². The van der Waals surface area contributed by atoms with E-state index < -0.39 is 0 Å². The molecule has 0 unspecified atom stereocenters. The summed E-state index contributed by atoms with van der Waals surface area (Å²) in [7, 11) is 0. The van der Waals surface area contributed by atoms with Gasteiger partial charge in [-0.15, -0.1) is 11.3 Å². The van der Waals surface area contributed by atoms with Crippen LogP contribution in [0.25, 0.3) is 11.3 Å². The van der Waals surface area contributed by atoms with Crippen LogP contribution >= 0.6 is 22.9 Å². The van der Waals surface area contributed by atoms with Gasteiger partial charge in [-0.05, 0) is 19.1 Å². The SMILES string of the molecule is CCN(C(=O)c1ccccc1Cl)c1nc(-c2ccccc2)cs1. The van der Waals surface area contributed by atoms with E-state index in [9.17, 15) is 4.79 Å². The van der Waals surface area contributed by atoms with Crippen LogP contribution in [0.2, 0.25) is 5.02 Å². The summed E-state index contributed by atoms with van der Waals surface area (Å²) in [5.41, 5.74) is 2.40. The van der Waals surface area contributed by atoms with Gasteiger partial charge in [0, 0.05) is 17.5 Å². The van der Waals surface area contributed by atoms with Crippen molar-refractivity contribution in [3.8, 4) is 11.3 Å². The van der Waals surface area contributed by atoms with Crippen molar-refractivity contribution >= 4 is 34.0 Å². The molecule has 3 aromatic rings. The van der Waals surface area contributed by atoms with Gasteiger partial charge in [-0.1, -0.05) is 54.1 Å². The fourth-order valence-corrected chi connectivity index (χ4v) is 3.39. The van der Waals surface area contributed by atoms with Crippen molar-refractivity contribution < 1.29 is 4.79 Å². The van der Waals surface area contributed by atoms with Gasteiger partial charge in [-0.3, -0.25) is 9.69 Å². The fraction of sp³-hybridized carbons (Fsp3) is 0.111. The van der Waals surface area contributed by atoms with E-state index in [2.05, 4.69) is 4.98 Å². The van der Waals surface area contributed by atoms with Crippen molar-refractivity contribution in [2.24, 2.45) is 0 Å². The lowest BCUT2D eigenvalue weighted by Crippen LogP contribution is -2.30. The molecule has 0 bridgehead atoms. The lowest BCUT2D eigenvalue weighted by Gasteiger charge is -2.18. The number of nitrogens with zero attached hydrogens (tertiary/aromatic N) is 2. The third-order valence-corrected chi connectivity index (χ3v) is 4.65. The Balaban J connectivity index is 1.92. The van der Waals surface area contributed by atoms with E-state index in [-0.39, 0.29) is 5.91 Å². The Kier molecular flexibility index (Phi) is 4.74. The first-order valence-electron chi connectivity index (χ1n) is 7.28. The molecule has 3 rings (SSSR count). The number of benzene rings is 2. The summed E-state index contributed by atoms with van der Waals surface area (Å²) in [5, 5.41) is 3.10. The molecule has 2 aromatic carbocycles. The maximum Gasteiger partial charge on any atom is 0.261 e. The quantitative estimate of drug-likeness (QED) is 0.658. The molecular formula is C18H15ClN2OS. The first-order valence-corrected chi connectivity index (χ1v) is 8.54. The van der Waals surface area contributed by atoms with Gasteiger partial charge in [0.1, 0.15) is 0 Å². The third-order valence-electron chi connectivity index (χ3n) is 3.46. The normalized spacial score (nSPS) is 10.5. The van der Waals surface area contributed by atoms with E-state index in [1.54, 1.807) is 17.0 Å². The lowest BCUT2D eigenvalue weighted by molar-refractivity contribution is 0.0988. The summed E-state index contributed by atoms with van der Waals surface area (Å²) < 4.78 is 0. The van der Waals surface area contributed by atoms with Crippen molar-refractivity contribution in [3.05, 3.63) is 70.6 Å². The minimum absolute atomic E-state index is 0.132. The van der Waals surface area contributed by atoms with Gasteiger partial charge in [-0.25, -0.2) is 4.98 Å². The molecule has 0 fully saturated rings. The zero-order valence-corrected chi connectivity index (χ0v) is 14.1. The first kappa shape index (κ1) is 15.7. The highest BCUT2D eigenvalue weighted by atomic mass is 35.5. The Labute approximate surface area is 144 Å². The van der Waals surface area contributed by atoms with Gasteiger partial charge in [0.25, 0.3) is 5.91 Å². The Bertz CT molecular complexity index is 817. The van der Waals surface area contributed by atoms with Crippen molar-refractivity contribution in [1.29, 1.82) is 0 Å². The molecule has 0 saturated heterocycles. The summed E-state index contributed by atoms with van der Waals surface area (Å²) in [6.45, 7) is 2.46. The van der Waals surface area contributed by atoms with Gasteiger partial charge in [0.2, 0.25) is 0 Å². The van der Waals surface area contributed by atoms with Crippen LogP contribution in [-0.4, -0.2) is 17.4 Å². The Hall–Kier alpha value is -2.17. The van der Waals surface area contributed by atoms with Gasteiger partial charge in [0.05, 0.1) is 16.3 Å². The van der Waals surface area contributed by atoms with Crippen molar-refractivity contribution in [2.75, 3.05) is 11.4 Å². The monoisotopic (exact) mass is 342 g/mol. The molecule has 0 aliphatic carbocycles. The van der Waals surface area contributed by atoms with Crippen LogP contribution in [0.1, 0.15) is 17.3 Å². The predicted molar refractivity (Wildman–Crippen MR) is 96.4 cm³/mol. The maximum absolute atomic E-state index is 12.8. The molecule has 0 spiro atoms. The number of hydrogen-bond donors (Lipinski definition) is 0. The van der Waals surface area contributed by atoms with E-state index >= 15 is 0 Å².